The van der Waals surface area contributed by atoms with Crippen LogP contribution in [0.5, 0.6) is 0 Å². The zero-order valence-corrected chi connectivity index (χ0v) is 5.31. The molecule has 1 aliphatic rings. The molecule has 1 rings (SSSR count). The molecule has 0 atom stereocenters. The second-order valence-corrected chi connectivity index (χ2v) is 2.44. The molecule has 0 aromatic carbocycles. The lowest BCUT2D eigenvalue weighted by Crippen LogP contribution is -2.22. The third-order valence-corrected chi connectivity index (χ3v) is 1.53. The first-order valence-electron chi connectivity index (χ1n) is 3.08. The van der Waals surface area contributed by atoms with Gasteiger partial charge in [-0.1, -0.05) is 0 Å². The van der Waals surface area contributed by atoms with Crippen LogP contribution in [-0.2, 0) is 4.79 Å². The highest BCUT2D eigenvalue weighted by atomic mass is 19.3. The van der Waals surface area contributed by atoms with E-state index in [9.17, 15) is 13.6 Å². The van der Waals surface area contributed by atoms with Gasteiger partial charge in [-0.25, -0.2) is 13.6 Å². The number of carbonyl (C=O) groups excluding carboxylic acids is 1. The Hall–Kier alpha value is -0.760. The minimum absolute atomic E-state index is 0.537. The Bertz CT molecular complexity index is 171. The number of halogens is 2. The van der Waals surface area contributed by atoms with Gasteiger partial charge in [-0.2, -0.15) is 4.99 Å². The number of isocyanates is 1. The standard InChI is InChI=1S/C6H7F2NO/c7-6(8,3-9-4-10)5-1-2-5/h5H,1-3H2. The van der Waals surface area contributed by atoms with Crippen LogP contribution in [0.2, 0.25) is 0 Å². The van der Waals surface area contributed by atoms with E-state index in [4.69, 9.17) is 0 Å². The maximum atomic E-state index is 12.5. The smallest absolute Gasteiger partial charge is 0.211 e. The van der Waals surface area contributed by atoms with Crippen LogP contribution in [0.4, 0.5) is 8.78 Å². The molecule has 56 valence electrons. The fraction of sp³-hybridized carbons (Fsp3) is 0.833. The van der Waals surface area contributed by atoms with Gasteiger partial charge in [0.05, 0.1) is 0 Å². The Morgan fingerprint density at radius 2 is 2.20 bits per heavy atom. The molecule has 0 N–H and O–H groups in total. The van der Waals surface area contributed by atoms with E-state index in [0.29, 0.717) is 12.8 Å². The molecule has 4 heteroatoms. The lowest BCUT2D eigenvalue weighted by molar-refractivity contribution is -0.0119. The summed E-state index contributed by atoms with van der Waals surface area (Å²) in [4.78, 5) is 12.3. The van der Waals surface area contributed by atoms with Crippen LogP contribution in [0.15, 0.2) is 4.99 Å². The summed E-state index contributed by atoms with van der Waals surface area (Å²) in [5.74, 6) is -3.30. The molecular formula is C6H7F2NO. The number of hydrogen-bond donors (Lipinski definition) is 0. The second-order valence-electron chi connectivity index (χ2n) is 2.44. The van der Waals surface area contributed by atoms with E-state index in [1.165, 1.54) is 0 Å². The first kappa shape index (κ1) is 7.35. The van der Waals surface area contributed by atoms with Crippen molar-refractivity contribution in [2.45, 2.75) is 18.8 Å². The highest BCUT2D eigenvalue weighted by Crippen LogP contribution is 2.43. The van der Waals surface area contributed by atoms with Crippen molar-refractivity contribution < 1.29 is 13.6 Å². The number of rotatable bonds is 3. The Labute approximate surface area is 56.9 Å². The molecule has 0 aromatic heterocycles. The van der Waals surface area contributed by atoms with E-state index < -0.39 is 18.4 Å². The van der Waals surface area contributed by atoms with Gasteiger partial charge in [0.15, 0.2) is 0 Å². The molecule has 10 heavy (non-hydrogen) atoms. The largest absolute Gasteiger partial charge is 0.270 e. The van der Waals surface area contributed by atoms with E-state index in [0.717, 1.165) is 6.08 Å². The zero-order chi connectivity index (χ0) is 7.61. The van der Waals surface area contributed by atoms with Gasteiger partial charge in [-0.15, -0.1) is 0 Å². The summed E-state index contributed by atoms with van der Waals surface area (Å²) in [6, 6.07) is 0. The van der Waals surface area contributed by atoms with Crippen LogP contribution in [0, 0.1) is 5.92 Å². The van der Waals surface area contributed by atoms with Crippen molar-refractivity contribution >= 4 is 6.08 Å². The molecule has 0 amide bonds. The fourth-order valence-electron chi connectivity index (χ4n) is 0.772. The van der Waals surface area contributed by atoms with Gasteiger partial charge in [0.2, 0.25) is 6.08 Å². The van der Waals surface area contributed by atoms with Gasteiger partial charge < -0.3 is 0 Å². The molecule has 0 saturated heterocycles. The van der Waals surface area contributed by atoms with Gasteiger partial charge in [0, 0.05) is 5.92 Å². The van der Waals surface area contributed by atoms with E-state index >= 15 is 0 Å². The maximum absolute atomic E-state index is 12.5. The van der Waals surface area contributed by atoms with Crippen molar-refractivity contribution in [3.8, 4) is 0 Å². The first-order chi connectivity index (χ1) is 4.67. The lowest BCUT2D eigenvalue weighted by atomic mass is 10.2. The SMILES string of the molecule is O=C=NCC(F)(F)C1CC1. The van der Waals surface area contributed by atoms with Crippen molar-refractivity contribution in [3.63, 3.8) is 0 Å². The summed E-state index contributed by atoms with van der Waals surface area (Å²) < 4.78 is 25.0. The van der Waals surface area contributed by atoms with Crippen molar-refractivity contribution in [2.24, 2.45) is 10.9 Å². The highest BCUT2D eigenvalue weighted by Gasteiger charge is 2.46. The van der Waals surface area contributed by atoms with Gasteiger partial charge in [0.1, 0.15) is 6.54 Å². The first-order valence-corrected chi connectivity index (χ1v) is 3.08. The summed E-state index contributed by atoms with van der Waals surface area (Å²) in [7, 11) is 0. The average molecular weight is 147 g/mol. The lowest BCUT2D eigenvalue weighted by Gasteiger charge is -2.09. The third kappa shape index (κ3) is 1.61. The van der Waals surface area contributed by atoms with Crippen LogP contribution in [0.3, 0.4) is 0 Å². The molecule has 0 bridgehead atoms. The number of aliphatic imine (C=N–C) groups is 1. The normalized spacial score (nSPS) is 18.2. The van der Waals surface area contributed by atoms with Crippen LogP contribution < -0.4 is 0 Å². The van der Waals surface area contributed by atoms with Gasteiger partial charge in [-0.05, 0) is 12.8 Å². The zero-order valence-electron chi connectivity index (χ0n) is 5.31. The van der Waals surface area contributed by atoms with Crippen molar-refractivity contribution in [1.82, 2.24) is 0 Å². The molecule has 0 radical (unpaired) electrons. The molecule has 0 heterocycles. The monoisotopic (exact) mass is 147 g/mol. The third-order valence-electron chi connectivity index (χ3n) is 1.53. The molecule has 1 aliphatic carbocycles. The van der Waals surface area contributed by atoms with Gasteiger partial charge in [0.25, 0.3) is 5.92 Å². The minimum Gasteiger partial charge on any atom is -0.211 e. The molecule has 0 unspecified atom stereocenters. The maximum Gasteiger partial charge on any atom is 0.270 e. The van der Waals surface area contributed by atoms with Crippen LogP contribution in [0.1, 0.15) is 12.8 Å². The number of nitrogens with zero attached hydrogens (tertiary/aromatic N) is 1. The molecule has 1 fully saturated rings. The molecular weight excluding hydrogens is 140 g/mol. The Balaban J connectivity index is 2.41. The molecule has 0 aromatic rings. The highest BCUT2D eigenvalue weighted by molar-refractivity contribution is 5.33. The van der Waals surface area contributed by atoms with E-state index in [2.05, 4.69) is 4.99 Å². The summed E-state index contributed by atoms with van der Waals surface area (Å²) in [6.07, 6.45) is 2.22. The van der Waals surface area contributed by atoms with Crippen molar-refractivity contribution in [2.75, 3.05) is 6.54 Å². The van der Waals surface area contributed by atoms with Gasteiger partial charge in [-0.3, -0.25) is 0 Å². The Morgan fingerprint density at radius 3 is 2.60 bits per heavy atom. The topological polar surface area (TPSA) is 29.4 Å². The number of hydrogen-bond acceptors (Lipinski definition) is 2. The minimum atomic E-state index is -2.77. The second kappa shape index (κ2) is 2.46. The summed E-state index contributed by atoms with van der Waals surface area (Å²) in [6.45, 7) is -0.693. The van der Waals surface area contributed by atoms with E-state index in [1.807, 2.05) is 0 Å². The van der Waals surface area contributed by atoms with E-state index in [-0.39, 0.29) is 0 Å². The molecule has 1 saturated carbocycles. The molecule has 0 aliphatic heterocycles. The van der Waals surface area contributed by atoms with Crippen LogP contribution in [-0.4, -0.2) is 18.5 Å². The summed E-state index contributed by atoms with van der Waals surface area (Å²) in [5, 5.41) is 0. The van der Waals surface area contributed by atoms with Crippen LogP contribution in [0.25, 0.3) is 0 Å². The Kier molecular flexibility index (Phi) is 1.81. The van der Waals surface area contributed by atoms with E-state index in [1.54, 1.807) is 0 Å². The predicted molar refractivity (Wildman–Crippen MR) is 30.7 cm³/mol. The quantitative estimate of drug-likeness (QED) is 0.438. The number of alkyl halides is 2. The average Bonchev–Trinajstić information content (AvgIpc) is 2.64. The van der Waals surface area contributed by atoms with Crippen molar-refractivity contribution in [3.05, 3.63) is 0 Å². The van der Waals surface area contributed by atoms with Crippen LogP contribution >= 0.6 is 0 Å². The molecule has 0 spiro atoms. The van der Waals surface area contributed by atoms with Crippen molar-refractivity contribution in [1.29, 1.82) is 0 Å². The summed E-state index contributed by atoms with van der Waals surface area (Å²) >= 11 is 0. The van der Waals surface area contributed by atoms with Gasteiger partial charge >= 0.3 is 0 Å². The summed E-state index contributed by atoms with van der Waals surface area (Å²) in [5.41, 5.74) is 0. The fourth-order valence-corrected chi connectivity index (χ4v) is 0.772. The Morgan fingerprint density at radius 1 is 1.60 bits per heavy atom. The molecule has 2 nitrogen and oxygen atoms in total. The predicted octanol–water partition coefficient (Wildman–Crippen LogP) is 1.37.